The van der Waals surface area contributed by atoms with E-state index < -0.39 is 0 Å². The molecule has 0 aromatic heterocycles. The lowest BCUT2D eigenvalue weighted by Gasteiger charge is -1.99. The molecule has 56 valence electrons. The first-order chi connectivity index (χ1) is 5.40. The van der Waals surface area contributed by atoms with Gasteiger partial charge in [-0.2, -0.15) is 0 Å². The fourth-order valence-electron chi connectivity index (χ4n) is 1.22. The van der Waals surface area contributed by atoms with E-state index in [1.54, 1.807) is 0 Å². The van der Waals surface area contributed by atoms with E-state index in [0.717, 1.165) is 12.2 Å². The van der Waals surface area contributed by atoms with Gasteiger partial charge >= 0.3 is 0 Å². The number of rotatable bonds is 1. The van der Waals surface area contributed by atoms with Gasteiger partial charge in [0.15, 0.2) is 0 Å². The van der Waals surface area contributed by atoms with E-state index in [1.807, 2.05) is 12.3 Å². The average Bonchev–Trinajstić information content (AvgIpc) is 2.50. The molecule has 0 N–H and O–H groups in total. The van der Waals surface area contributed by atoms with Crippen LogP contribution in [0.1, 0.15) is 12.7 Å². The summed E-state index contributed by atoms with van der Waals surface area (Å²) in [6, 6.07) is 8.29. The third kappa shape index (κ3) is 1.03. The van der Waals surface area contributed by atoms with Crippen LogP contribution in [0.15, 0.2) is 34.9 Å². The predicted molar refractivity (Wildman–Crippen MR) is 44.7 cm³/mol. The van der Waals surface area contributed by atoms with E-state index >= 15 is 0 Å². The molecule has 2 aliphatic rings. The minimum atomic E-state index is 0.959. The fourth-order valence-corrected chi connectivity index (χ4v) is 1.22. The van der Waals surface area contributed by atoms with Crippen LogP contribution in [-0.4, -0.2) is 0 Å². The van der Waals surface area contributed by atoms with Gasteiger partial charge in [0.2, 0.25) is 0 Å². The molecule has 0 bridgehead atoms. The molecule has 2 rings (SSSR count). The summed E-state index contributed by atoms with van der Waals surface area (Å²) in [6.45, 7) is 2.09. The van der Waals surface area contributed by atoms with Crippen LogP contribution in [-0.2, 0) is 6.42 Å². The highest BCUT2D eigenvalue weighted by Gasteiger charge is 2.02. The standard InChI is InChI=1S/C10H10O/c1-2-10-6-8-4-3-5-9(8)7-11-10/h3-7H,2H2,1H3. The van der Waals surface area contributed by atoms with Crippen LogP contribution in [0.25, 0.3) is 11.1 Å². The van der Waals surface area contributed by atoms with Crippen molar-refractivity contribution in [3.8, 4) is 11.1 Å². The minimum Gasteiger partial charge on any atom is -0.469 e. The van der Waals surface area contributed by atoms with E-state index in [4.69, 9.17) is 4.42 Å². The van der Waals surface area contributed by atoms with Crippen molar-refractivity contribution in [1.82, 2.24) is 0 Å². The highest BCUT2D eigenvalue weighted by atomic mass is 16.3. The zero-order valence-electron chi connectivity index (χ0n) is 6.50. The lowest BCUT2D eigenvalue weighted by atomic mass is 10.1. The highest BCUT2D eigenvalue weighted by molar-refractivity contribution is 5.64. The van der Waals surface area contributed by atoms with Crippen molar-refractivity contribution in [2.24, 2.45) is 0 Å². The monoisotopic (exact) mass is 146 g/mol. The Balaban J connectivity index is 2.59. The van der Waals surface area contributed by atoms with Gasteiger partial charge in [-0.1, -0.05) is 25.1 Å². The second-order valence-electron chi connectivity index (χ2n) is 2.64. The number of hydrogen-bond acceptors (Lipinski definition) is 1. The molecule has 1 aliphatic heterocycles. The molecule has 11 heavy (non-hydrogen) atoms. The molecule has 0 saturated heterocycles. The normalized spacial score (nSPS) is 10.6. The Bertz CT molecular complexity index is 322. The van der Waals surface area contributed by atoms with Crippen LogP contribution in [0, 0.1) is 0 Å². The molecule has 0 unspecified atom stereocenters. The summed E-state index contributed by atoms with van der Waals surface area (Å²) in [6.07, 6.45) is 2.77. The zero-order chi connectivity index (χ0) is 7.68. The summed E-state index contributed by atoms with van der Waals surface area (Å²) in [5.74, 6) is 1.05. The maximum absolute atomic E-state index is 5.35. The van der Waals surface area contributed by atoms with Gasteiger partial charge in [0.25, 0.3) is 0 Å². The van der Waals surface area contributed by atoms with E-state index in [9.17, 15) is 0 Å². The summed E-state index contributed by atoms with van der Waals surface area (Å²) in [4.78, 5) is 0. The molecule has 1 heteroatoms. The van der Waals surface area contributed by atoms with Gasteiger partial charge in [-0.15, -0.1) is 0 Å². The molecule has 0 atom stereocenters. The Morgan fingerprint density at radius 2 is 2.09 bits per heavy atom. The summed E-state index contributed by atoms with van der Waals surface area (Å²) in [7, 11) is 0. The summed E-state index contributed by atoms with van der Waals surface area (Å²) in [5.41, 5.74) is 2.45. The quantitative estimate of drug-likeness (QED) is 0.602. The molecular formula is C10H10O. The van der Waals surface area contributed by atoms with Crippen LogP contribution < -0.4 is 0 Å². The first-order valence-corrected chi connectivity index (χ1v) is 3.86. The summed E-state index contributed by atoms with van der Waals surface area (Å²) in [5, 5.41) is 0. The molecule has 1 nitrogen and oxygen atoms in total. The first-order valence-electron chi connectivity index (χ1n) is 3.86. The first kappa shape index (κ1) is 6.47. The van der Waals surface area contributed by atoms with Crippen LogP contribution in [0.2, 0.25) is 0 Å². The summed E-state index contributed by atoms with van der Waals surface area (Å²) < 4.78 is 5.35. The molecule has 0 amide bonds. The van der Waals surface area contributed by atoms with Gasteiger partial charge < -0.3 is 4.42 Å². The molecule has 0 aromatic carbocycles. The smallest absolute Gasteiger partial charge is 0.104 e. The minimum absolute atomic E-state index is 0.959. The van der Waals surface area contributed by atoms with Gasteiger partial charge in [-0.3, -0.25) is 0 Å². The van der Waals surface area contributed by atoms with Crippen molar-refractivity contribution in [1.29, 1.82) is 0 Å². The van der Waals surface area contributed by atoms with Crippen molar-refractivity contribution in [3.05, 3.63) is 36.3 Å². The van der Waals surface area contributed by atoms with Crippen LogP contribution in [0.5, 0.6) is 0 Å². The van der Waals surface area contributed by atoms with Crippen LogP contribution >= 0.6 is 0 Å². The van der Waals surface area contributed by atoms with Crippen molar-refractivity contribution in [2.45, 2.75) is 13.3 Å². The third-order valence-corrected chi connectivity index (χ3v) is 1.89. The SMILES string of the molecule is CCc1cc2cccc-2co1. The highest BCUT2D eigenvalue weighted by Crippen LogP contribution is 2.23. The van der Waals surface area contributed by atoms with Gasteiger partial charge in [-0.25, -0.2) is 0 Å². The molecule has 0 saturated carbocycles. The van der Waals surface area contributed by atoms with Crippen molar-refractivity contribution in [2.75, 3.05) is 0 Å². The maximum Gasteiger partial charge on any atom is 0.104 e. The molecule has 0 radical (unpaired) electrons. The van der Waals surface area contributed by atoms with E-state index in [-0.39, 0.29) is 0 Å². The molecule has 1 heterocycles. The lowest BCUT2D eigenvalue weighted by molar-refractivity contribution is 0.500. The van der Waals surface area contributed by atoms with Crippen molar-refractivity contribution < 1.29 is 4.42 Å². The Morgan fingerprint density at radius 3 is 2.91 bits per heavy atom. The average molecular weight is 146 g/mol. The Hall–Kier alpha value is -1.24. The predicted octanol–water partition coefficient (Wildman–Crippen LogP) is 2.95. The lowest BCUT2D eigenvalue weighted by Crippen LogP contribution is -1.80. The summed E-state index contributed by atoms with van der Waals surface area (Å²) >= 11 is 0. The zero-order valence-corrected chi connectivity index (χ0v) is 6.50. The maximum atomic E-state index is 5.35. The van der Waals surface area contributed by atoms with E-state index in [0.29, 0.717) is 0 Å². The largest absolute Gasteiger partial charge is 0.469 e. The second-order valence-corrected chi connectivity index (χ2v) is 2.64. The number of aryl methyl sites for hydroxylation is 1. The van der Waals surface area contributed by atoms with Crippen LogP contribution in [0.4, 0.5) is 0 Å². The number of hydrogen-bond donors (Lipinski definition) is 0. The van der Waals surface area contributed by atoms with Crippen LogP contribution in [0.3, 0.4) is 0 Å². The van der Waals surface area contributed by atoms with Gasteiger partial charge in [0.05, 0.1) is 6.26 Å². The van der Waals surface area contributed by atoms with E-state index in [1.165, 1.54) is 11.1 Å². The molecule has 0 spiro atoms. The topological polar surface area (TPSA) is 13.1 Å². The third-order valence-electron chi connectivity index (χ3n) is 1.89. The Labute approximate surface area is 66.0 Å². The molecule has 0 aromatic rings. The second kappa shape index (κ2) is 2.42. The van der Waals surface area contributed by atoms with Crippen molar-refractivity contribution in [3.63, 3.8) is 0 Å². The fraction of sp³-hybridized carbons (Fsp3) is 0.200. The Kier molecular flexibility index (Phi) is 1.42. The van der Waals surface area contributed by atoms with Crippen molar-refractivity contribution >= 4 is 0 Å². The van der Waals surface area contributed by atoms with Gasteiger partial charge in [-0.05, 0) is 11.6 Å². The molecule has 0 fully saturated rings. The molecular weight excluding hydrogens is 136 g/mol. The molecule has 1 aliphatic carbocycles. The Morgan fingerprint density at radius 1 is 1.27 bits per heavy atom. The van der Waals surface area contributed by atoms with Gasteiger partial charge in [0, 0.05) is 12.0 Å². The van der Waals surface area contributed by atoms with Gasteiger partial charge in [0.1, 0.15) is 5.76 Å². The van der Waals surface area contributed by atoms with E-state index in [2.05, 4.69) is 25.1 Å². The number of fused-ring (bicyclic) bond motifs is 1.